The molecule has 0 aliphatic heterocycles. The fourth-order valence-corrected chi connectivity index (χ4v) is 1.33. The molecule has 0 fully saturated rings. The summed E-state index contributed by atoms with van der Waals surface area (Å²) in [7, 11) is 1.62. The first-order valence-electron chi connectivity index (χ1n) is 5.05. The van der Waals surface area contributed by atoms with Crippen molar-refractivity contribution in [1.82, 2.24) is 4.98 Å². The van der Waals surface area contributed by atoms with E-state index in [-0.39, 0.29) is 0 Å². The molecule has 0 saturated heterocycles. The smallest absolute Gasteiger partial charge is 0.217 e. The largest absolute Gasteiger partial charge is 0.497 e. The van der Waals surface area contributed by atoms with E-state index in [4.69, 9.17) is 9.47 Å². The van der Waals surface area contributed by atoms with Gasteiger partial charge in [-0.1, -0.05) is 30.3 Å². The van der Waals surface area contributed by atoms with Gasteiger partial charge in [-0.25, -0.2) is 4.98 Å². The van der Waals surface area contributed by atoms with Gasteiger partial charge in [0.2, 0.25) is 5.88 Å². The minimum absolute atomic E-state index is 0.515. The molecule has 0 atom stereocenters. The second-order valence-electron chi connectivity index (χ2n) is 3.31. The van der Waals surface area contributed by atoms with Crippen molar-refractivity contribution in [2.75, 3.05) is 7.11 Å². The molecule has 0 amide bonds. The van der Waals surface area contributed by atoms with Crippen LogP contribution in [0.15, 0.2) is 48.7 Å². The second kappa shape index (κ2) is 5.16. The molecule has 0 radical (unpaired) electrons. The van der Waals surface area contributed by atoms with Gasteiger partial charge in [0.1, 0.15) is 12.4 Å². The van der Waals surface area contributed by atoms with Crippen molar-refractivity contribution >= 4 is 0 Å². The van der Waals surface area contributed by atoms with E-state index in [1.807, 2.05) is 30.3 Å². The van der Waals surface area contributed by atoms with Crippen LogP contribution >= 0.6 is 0 Å². The van der Waals surface area contributed by atoms with Crippen LogP contribution in [0.25, 0.3) is 0 Å². The summed E-state index contributed by atoms with van der Waals surface area (Å²) >= 11 is 0. The highest BCUT2D eigenvalue weighted by atomic mass is 16.5. The van der Waals surface area contributed by atoms with Crippen molar-refractivity contribution < 1.29 is 9.47 Å². The first-order valence-corrected chi connectivity index (χ1v) is 5.05. The van der Waals surface area contributed by atoms with Gasteiger partial charge >= 0.3 is 0 Å². The van der Waals surface area contributed by atoms with E-state index in [0.717, 1.165) is 11.3 Å². The number of ether oxygens (including phenoxy) is 2. The number of hydrogen-bond donors (Lipinski definition) is 0. The van der Waals surface area contributed by atoms with Crippen LogP contribution in [-0.4, -0.2) is 12.1 Å². The standard InChI is InChI=1S/C13H13NO2/c1-15-12-7-8-14-13(9-12)16-10-11-5-3-2-4-6-11/h2-9H,10H2,1H3. The van der Waals surface area contributed by atoms with Crippen molar-refractivity contribution in [3.8, 4) is 11.6 Å². The summed E-state index contributed by atoms with van der Waals surface area (Å²) in [6.45, 7) is 0.515. The highest BCUT2D eigenvalue weighted by Crippen LogP contribution is 2.16. The molecule has 82 valence electrons. The van der Waals surface area contributed by atoms with Crippen LogP contribution in [0.2, 0.25) is 0 Å². The maximum absolute atomic E-state index is 5.54. The second-order valence-corrected chi connectivity index (χ2v) is 3.31. The van der Waals surface area contributed by atoms with Gasteiger partial charge in [0, 0.05) is 12.3 Å². The molecular formula is C13H13NO2. The van der Waals surface area contributed by atoms with Gasteiger partial charge < -0.3 is 9.47 Å². The minimum atomic E-state index is 0.515. The Bertz CT molecular complexity index is 443. The van der Waals surface area contributed by atoms with E-state index in [2.05, 4.69) is 4.98 Å². The third-order valence-corrected chi connectivity index (χ3v) is 2.17. The molecule has 0 unspecified atom stereocenters. The number of hydrogen-bond acceptors (Lipinski definition) is 3. The lowest BCUT2D eigenvalue weighted by Gasteiger charge is -2.06. The lowest BCUT2D eigenvalue weighted by molar-refractivity contribution is 0.291. The average Bonchev–Trinajstić information content (AvgIpc) is 2.38. The fourth-order valence-electron chi connectivity index (χ4n) is 1.33. The average molecular weight is 215 g/mol. The number of nitrogens with zero attached hydrogens (tertiary/aromatic N) is 1. The molecule has 3 nitrogen and oxygen atoms in total. The van der Waals surface area contributed by atoms with E-state index in [1.54, 1.807) is 25.4 Å². The molecule has 0 aliphatic rings. The fraction of sp³-hybridized carbons (Fsp3) is 0.154. The number of benzene rings is 1. The molecule has 1 aromatic heterocycles. The summed E-state index contributed by atoms with van der Waals surface area (Å²) < 4.78 is 10.6. The Morgan fingerprint density at radius 3 is 2.69 bits per heavy atom. The normalized spacial score (nSPS) is 9.81. The quantitative estimate of drug-likeness (QED) is 0.785. The Kier molecular flexibility index (Phi) is 3.38. The van der Waals surface area contributed by atoms with Crippen molar-refractivity contribution in [2.45, 2.75) is 6.61 Å². The molecule has 3 heteroatoms. The van der Waals surface area contributed by atoms with Crippen LogP contribution in [0.3, 0.4) is 0 Å². The molecule has 0 aliphatic carbocycles. The zero-order valence-corrected chi connectivity index (χ0v) is 9.09. The van der Waals surface area contributed by atoms with Gasteiger partial charge in [-0.05, 0) is 11.6 Å². The van der Waals surface area contributed by atoms with Gasteiger partial charge in [0.05, 0.1) is 7.11 Å². The van der Waals surface area contributed by atoms with E-state index in [0.29, 0.717) is 12.5 Å². The van der Waals surface area contributed by atoms with Gasteiger partial charge in [0.25, 0.3) is 0 Å². The Hall–Kier alpha value is -2.03. The summed E-state index contributed by atoms with van der Waals surface area (Å²) in [5.74, 6) is 1.32. The van der Waals surface area contributed by atoms with Gasteiger partial charge in [0.15, 0.2) is 0 Å². The lowest BCUT2D eigenvalue weighted by atomic mass is 10.2. The van der Waals surface area contributed by atoms with Gasteiger partial charge in [-0.15, -0.1) is 0 Å². The number of aromatic nitrogens is 1. The van der Waals surface area contributed by atoms with Crippen LogP contribution in [0.4, 0.5) is 0 Å². The maximum Gasteiger partial charge on any atom is 0.217 e. The molecule has 0 spiro atoms. The SMILES string of the molecule is COc1ccnc(OCc2ccccc2)c1. The van der Waals surface area contributed by atoms with Crippen LogP contribution < -0.4 is 9.47 Å². The van der Waals surface area contributed by atoms with Crippen LogP contribution in [0.5, 0.6) is 11.6 Å². The molecule has 1 heterocycles. The summed E-state index contributed by atoms with van der Waals surface area (Å²) in [4.78, 5) is 4.10. The van der Waals surface area contributed by atoms with E-state index in [9.17, 15) is 0 Å². The molecular weight excluding hydrogens is 202 g/mol. The molecule has 0 N–H and O–H groups in total. The predicted molar refractivity (Wildman–Crippen MR) is 61.6 cm³/mol. The molecule has 2 aromatic rings. The molecule has 1 aromatic carbocycles. The van der Waals surface area contributed by atoms with Gasteiger partial charge in [-0.3, -0.25) is 0 Å². The molecule has 2 rings (SSSR count). The predicted octanol–water partition coefficient (Wildman–Crippen LogP) is 2.67. The first kappa shape index (κ1) is 10.5. The lowest BCUT2D eigenvalue weighted by Crippen LogP contribution is -1.97. The highest BCUT2D eigenvalue weighted by Gasteiger charge is 1.98. The third kappa shape index (κ3) is 2.73. The number of pyridine rings is 1. The Morgan fingerprint density at radius 2 is 1.94 bits per heavy atom. The summed E-state index contributed by atoms with van der Waals surface area (Å²) in [5.41, 5.74) is 1.12. The first-order chi connectivity index (χ1) is 7.88. The Labute approximate surface area is 94.7 Å². The van der Waals surface area contributed by atoms with Crippen molar-refractivity contribution in [3.05, 3.63) is 54.2 Å². The van der Waals surface area contributed by atoms with Crippen LogP contribution in [0.1, 0.15) is 5.56 Å². The van der Waals surface area contributed by atoms with E-state index < -0.39 is 0 Å². The molecule has 0 saturated carbocycles. The van der Waals surface area contributed by atoms with E-state index in [1.165, 1.54) is 0 Å². The molecule has 0 bridgehead atoms. The number of rotatable bonds is 4. The summed E-state index contributed by atoms with van der Waals surface area (Å²) in [5, 5.41) is 0. The topological polar surface area (TPSA) is 31.4 Å². The Morgan fingerprint density at radius 1 is 1.12 bits per heavy atom. The van der Waals surface area contributed by atoms with E-state index >= 15 is 0 Å². The monoisotopic (exact) mass is 215 g/mol. The maximum atomic E-state index is 5.54. The van der Waals surface area contributed by atoms with Crippen molar-refractivity contribution in [3.63, 3.8) is 0 Å². The van der Waals surface area contributed by atoms with Crippen LogP contribution in [-0.2, 0) is 6.61 Å². The van der Waals surface area contributed by atoms with Crippen molar-refractivity contribution in [1.29, 1.82) is 0 Å². The highest BCUT2D eigenvalue weighted by molar-refractivity contribution is 5.26. The molecule has 16 heavy (non-hydrogen) atoms. The van der Waals surface area contributed by atoms with Crippen molar-refractivity contribution in [2.24, 2.45) is 0 Å². The summed E-state index contributed by atoms with van der Waals surface area (Å²) in [6.07, 6.45) is 1.67. The Balaban J connectivity index is 1.99. The minimum Gasteiger partial charge on any atom is -0.497 e. The zero-order chi connectivity index (χ0) is 11.2. The summed E-state index contributed by atoms with van der Waals surface area (Å²) in [6, 6.07) is 13.5. The number of methoxy groups -OCH3 is 1. The van der Waals surface area contributed by atoms with Gasteiger partial charge in [-0.2, -0.15) is 0 Å². The zero-order valence-electron chi connectivity index (χ0n) is 9.09. The van der Waals surface area contributed by atoms with Crippen LogP contribution in [0, 0.1) is 0 Å². The third-order valence-electron chi connectivity index (χ3n) is 2.17.